The quantitative estimate of drug-likeness (QED) is 0.747. The van der Waals surface area contributed by atoms with Gasteiger partial charge in [0.15, 0.2) is 0 Å². The minimum atomic E-state index is -0.0931. The summed E-state index contributed by atoms with van der Waals surface area (Å²) in [5, 5.41) is 3.60. The molecule has 0 spiro atoms. The highest BCUT2D eigenvalue weighted by atomic mass is 35.5. The number of nitrogens with one attached hydrogen (secondary N) is 1. The monoisotopic (exact) mass is 228 g/mol. The van der Waals surface area contributed by atoms with E-state index in [-0.39, 0.29) is 11.5 Å². The van der Waals surface area contributed by atoms with Crippen LogP contribution in [0.2, 0.25) is 5.15 Å². The van der Waals surface area contributed by atoms with Gasteiger partial charge in [-0.1, -0.05) is 11.6 Å². The topological polar surface area (TPSA) is 73.1 Å². The van der Waals surface area contributed by atoms with Crippen LogP contribution in [0.5, 0.6) is 0 Å². The Balaban J connectivity index is 2.16. The number of hydrogen-bond acceptors (Lipinski definition) is 5. The first-order valence-corrected chi connectivity index (χ1v) is 5.11. The van der Waals surface area contributed by atoms with Crippen molar-refractivity contribution in [2.24, 2.45) is 0 Å². The Morgan fingerprint density at radius 3 is 3.00 bits per heavy atom. The summed E-state index contributed by atoms with van der Waals surface area (Å²) in [6.45, 7) is 3.50. The van der Waals surface area contributed by atoms with Crippen molar-refractivity contribution in [1.29, 1.82) is 0 Å². The van der Waals surface area contributed by atoms with E-state index in [0.29, 0.717) is 17.6 Å². The van der Waals surface area contributed by atoms with Crippen molar-refractivity contribution in [3.8, 4) is 0 Å². The lowest BCUT2D eigenvalue weighted by atomic mass is 10.0. The van der Waals surface area contributed by atoms with E-state index in [0.717, 1.165) is 13.0 Å². The second kappa shape index (κ2) is 3.83. The van der Waals surface area contributed by atoms with Crippen LogP contribution >= 0.6 is 11.6 Å². The van der Waals surface area contributed by atoms with Crippen molar-refractivity contribution in [3.63, 3.8) is 0 Å². The first kappa shape index (κ1) is 10.4. The zero-order valence-corrected chi connectivity index (χ0v) is 9.21. The summed E-state index contributed by atoms with van der Waals surface area (Å²) in [4.78, 5) is 7.85. The number of nitrogens with zero attached hydrogens (tertiary/aromatic N) is 2. The van der Waals surface area contributed by atoms with Gasteiger partial charge < -0.3 is 15.8 Å². The Kier molecular flexibility index (Phi) is 2.67. The fraction of sp³-hybridized carbons (Fsp3) is 0.556. The Hall–Kier alpha value is -1.07. The molecule has 1 atom stereocenters. The number of ether oxygens (including phenoxy) is 1. The molecule has 1 aromatic rings. The molecule has 0 amide bonds. The van der Waals surface area contributed by atoms with E-state index < -0.39 is 0 Å². The summed E-state index contributed by atoms with van der Waals surface area (Å²) in [5.74, 6) is 0.813. The van der Waals surface area contributed by atoms with E-state index >= 15 is 0 Å². The Morgan fingerprint density at radius 2 is 2.40 bits per heavy atom. The molecule has 2 heterocycles. The number of aromatic nitrogens is 2. The third-order valence-corrected chi connectivity index (χ3v) is 2.55. The largest absolute Gasteiger partial charge is 0.379 e. The van der Waals surface area contributed by atoms with Gasteiger partial charge in [-0.3, -0.25) is 0 Å². The van der Waals surface area contributed by atoms with Crippen molar-refractivity contribution >= 4 is 23.4 Å². The van der Waals surface area contributed by atoms with Crippen molar-refractivity contribution in [1.82, 2.24) is 9.97 Å². The molecule has 1 aromatic heterocycles. The highest BCUT2D eigenvalue weighted by Gasteiger charge is 2.29. The van der Waals surface area contributed by atoms with E-state index in [4.69, 9.17) is 22.1 Å². The molecule has 2 rings (SSSR count). The molecule has 1 aliphatic heterocycles. The predicted molar refractivity (Wildman–Crippen MR) is 58.9 cm³/mol. The van der Waals surface area contributed by atoms with Gasteiger partial charge >= 0.3 is 0 Å². The molecule has 6 heteroatoms. The summed E-state index contributed by atoms with van der Waals surface area (Å²) in [5.41, 5.74) is 5.41. The minimum Gasteiger partial charge on any atom is -0.379 e. The van der Waals surface area contributed by atoms with Crippen molar-refractivity contribution < 1.29 is 4.74 Å². The molecule has 15 heavy (non-hydrogen) atoms. The summed E-state index contributed by atoms with van der Waals surface area (Å²) in [6.07, 6.45) is 0.939. The predicted octanol–water partition coefficient (Wildman–Crippen LogP) is 1.30. The average molecular weight is 229 g/mol. The second-order valence-electron chi connectivity index (χ2n) is 3.92. The molecule has 82 valence electrons. The average Bonchev–Trinajstić information content (AvgIpc) is 2.49. The molecule has 0 aliphatic carbocycles. The van der Waals surface area contributed by atoms with E-state index in [9.17, 15) is 0 Å². The molecule has 1 aliphatic rings. The maximum absolute atomic E-state index is 5.78. The van der Waals surface area contributed by atoms with Crippen LogP contribution in [0.25, 0.3) is 0 Å². The number of hydrogen-bond donors (Lipinski definition) is 2. The number of nitrogen functional groups attached to an aromatic ring is 1. The smallest absolute Gasteiger partial charge is 0.223 e. The van der Waals surface area contributed by atoms with Gasteiger partial charge in [0.25, 0.3) is 0 Å². The Bertz CT molecular complexity index is 345. The molecule has 1 saturated heterocycles. The maximum Gasteiger partial charge on any atom is 0.223 e. The van der Waals surface area contributed by atoms with Crippen LogP contribution in [-0.2, 0) is 4.74 Å². The van der Waals surface area contributed by atoms with Gasteiger partial charge in [-0.05, 0) is 13.3 Å². The Morgan fingerprint density at radius 1 is 1.60 bits per heavy atom. The molecular formula is C9H13ClN4O. The van der Waals surface area contributed by atoms with Crippen LogP contribution in [0.3, 0.4) is 0 Å². The summed E-state index contributed by atoms with van der Waals surface area (Å²) >= 11 is 5.78. The number of nitrogens with two attached hydrogens (primary N) is 1. The zero-order valence-electron chi connectivity index (χ0n) is 8.46. The van der Waals surface area contributed by atoms with Gasteiger partial charge in [0.05, 0.1) is 12.1 Å². The molecule has 1 fully saturated rings. The molecule has 3 N–H and O–H groups in total. The molecule has 0 radical (unpaired) electrons. The van der Waals surface area contributed by atoms with E-state index in [1.807, 2.05) is 0 Å². The van der Waals surface area contributed by atoms with Crippen LogP contribution in [0.15, 0.2) is 6.07 Å². The van der Waals surface area contributed by atoms with Gasteiger partial charge in [-0.25, -0.2) is 4.98 Å². The van der Waals surface area contributed by atoms with Gasteiger partial charge in [0, 0.05) is 12.7 Å². The first-order valence-electron chi connectivity index (χ1n) is 4.73. The molecule has 0 bridgehead atoms. The fourth-order valence-corrected chi connectivity index (χ4v) is 1.76. The molecule has 1 unspecified atom stereocenters. The molecule has 5 nitrogen and oxygen atoms in total. The number of halogens is 1. The first-order chi connectivity index (χ1) is 7.07. The van der Waals surface area contributed by atoms with Crippen molar-refractivity contribution in [2.75, 3.05) is 24.3 Å². The van der Waals surface area contributed by atoms with Gasteiger partial charge in [0.2, 0.25) is 5.95 Å². The highest BCUT2D eigenvalue weighted by molar-refractivity contribution is 6.29. The SMILES string of the molecule is CC1(Nc2cc(Cl)nc(N)n2)CCOC1. The lowest BCUT2D eigenvalue weighted by molar-refractivity contribution is 0.185. The molecular weight excluding hydrogens is 216 g/mol. The third kappa shape index (κ3) is 2.49. The normalized spacial score (nSPS) is 25.5. The number of anilines is 2. The lowest BCUT2D eigenvalue weighted by Gasteiger charge is -2.24. The molecule has 0 aromatic carbocycles. The number of rotatable bonds is 2. The van der Waals surface area contributed by atoms with Crippen LogP contribution in [0.4, 0.5) is 11.8 Å². The summed E-state index contributed by atoms with van der Waals surface area (Å²) in [6, 6.07) is 1.65. The summed E-state index contributed by atoms with van der Waals surface area (Å²) in [7, 11) is 0. The van der Waals surface area contributed by atoms with Crippen molar-refractivity contribution in [2.45, 2.75) is 18.9 Å². The second-order valence-corrected chi connectivity index (χ2v) is 4.31. The van der Waals surface area contributed by atoms with Crippen molar-refractivity contribution in [3.05, 3.63) is 11.2 Å². The van der Waals surface area contributed by atoms with Gasteiger partial charge in [0.1, 0.15) is 11.0 Å². The van der Waals surface area contributed by atoms with Gasteiger partial charge in [-0.15, -0.1) is 0 Å². The van der Waals surface area contributed by atoms with Gasteiger partial charge in [-0.2, -0.15) is 4.98 Å². The molecule has 0 saturated carbocycles. The third-order valence-electron chi connectivity index (χ3n) is 2.36. The van der Waals surface area contributed by atoms with E-state index in [2.05, 4.69) is 22.2 Å². The minimum absolute atomic E-state index is 0.0931. The van der Waals surface area contributed by atoms with Crippen LogP contribution in [0.1, 0.15) is 13.3 Å². The zero-order chi connectivity index (χ0) is 10.9. The maximum atomic E-state index is 5.78. The summed E-state index contributed by atoms with van der Waals surface area (Å²) < 4.78 is 5.32. The van der Waals surface area contributed by atoms with E-state index in [1.165, 1.54) is 0 Å². The van der Waals surface area contributed by atoms with E-state index in [1.54, 1.807) is 6.07 Å². The lowest BCUT2D eigenvalue weighted by Crippen LogP contribution is -2.35. The fourth-order valence-electron chi connectivity index (χ4n) is 1.57. The highest BCUT2D eigenvalue weighted by Crippen LogP contribution is 2.24. The van der Waals surface area contributed by atoms with Crippen LogP contribution in [0, 0.1) is 0 Å². The van der Waals surface area contributed by atoms with Crippen LogP contribution < -0.4 is 11.1 Å². The van der Waals surface area contributed by atoms with Crippen LogP contribution in [-0.4, -0.2) is 28.7 Å². The Labute approximate surface area is 93.0 Å². The standard InChI is InChI=1S/C9H13ClN4O/c1-9(2-3-15-5-9)14-7-4-6(10)12-8(11)13-7/h4H,2-3,5H2,1H3,(H3,11,12,13,14).